The summed E-state index contributed by atoms with van der Waals surface area (Å²) in [6, 6.07) is 6.63. The van der Waals surface area contributed by atoms with E-state index in [2.05, 4.69) is 5.32 Å². The molecule has 2 rings (SSSR count). The summed E-state index contributed by atoms with van der Waals surface area (Å²) in [5, 5.41) is 10.8. The van der Waals surface area contributed by atoms with Gasteiger partial charge in [-0.1, -0.05) is 25.0 Å². The number of rotatable bonds is 8. The Bertz CT molecular complexity index is 694. The van der Waals surface area contributed by atoms with Crippen molar-refractivity contribution in [3.05, 3.63) is 29.8 Å². The van der Waals surface area contributed by atoms with Crippen molar-refractivity contribution >= 4 is 21.7 Å². The van der Waals surface area contributed by atoms with Crippen LogP contribution in [-0.2, 0) is 26.0 Å². The molecule has 0 unspecified atom stereocenters. The zero-order valence-electron chi connectivity index (χ0n) is 13.2. The van der Waals surface area contributed by atoms with Crippen molar-refractivity contribution in [1.29, 1.82) is 0 Å². The molecule has 0 radical (unpaired) electrons. The van der Waals surface area contributed by atoms with Crippen LogP contribution >= 0.6 is 0 Å². The number of carboxylic acids is 1. The Labute approximate surface area is 140 Å². The molecule has 1 fully saturated rings. The summed E-state index contributed by atoms with van der Waals surface area (Å²) in [7, 11) is -3.39. The number of aliphatic carboxylic acids is 1. The lowest BCUT2D eigenvalue weighted by Gasteiger charge is -2.11. The quantitative estimate of drug-likeness (QED) is 0.723. The van der Waals surface area contributed by atoms with E-state index in [0.29, 0.717) is 24.2 Å². The molecule has 7 nitrogen and oxygen atoms in total. The number of benzene rings is 1. The second-order valence-corrected chi connectivity index (χ2v) is 8.10. The Morgan fingerprint density at radius 2 is 1.96 bits per heavy atom. The molecule has 1 aromatic carbocycles. The highest BCUT2D eigenvalue weighted by Gasteiger charge is 2.30. The van der Waals surface area contributed by atoms with Gasteiger partial charge in [0.1, 0.15) is 11.5 Å². The van der Waals surface area contributed by atoms with Crippen LogP contribution in [0.15, 0.2) is 24.3 Å². The molecular formula is C16H21NO6S. The maximum Gasteiger partial charge on any atom is 0.341 e. The molecule has 1 aliphatic carbocycles. The van der Waals surface area contributed by atoms with Gasteiger partial charge in [0, 0.05) is 6.54 Å². The highest BCUT2D eigenvalue weighted by atomic mass is 32.2. The third-order valence-electron chi connectivity index (χ3n) is 3.89. The molecule has 1 saturated carbocycles. The van der Waals surface area contributed by atoms with Gasteiger partial charge in [0.2, 0.25) is 5.91 Å². The van der Waals surface area contributed by atoms with Gasteiger partial charge >= 0.3 is 5.97 Å². The van der Waals surface area contributed by atoms with E-state index in [9.17, 15) is 18.0 Å². The lowest BCUT2D eigenvalue weighted by atomic mass is 10.2. The van der Waals surface area contributed by atoms with Crippen LogP contribution in [0.5, 0.6) is 5.75 Å². The number of carbonyl (C=O) groups is 2. The predicted octanol–water partition coefficient (Wildman–Crippen LogP) is 1.12. The van der Waals surface area contributed by atoms with Crippen LogP contribution in [0.25, 0.3) is 0 Å². The number of hydrogen-bond donors (Lipinski definition) is 2. The maximum atomic E-state index is 12.1. The van der Waals surface area contributed by atoms with E-state index in [0.717, 1.165) is 12.8 Å². The Morgan fingerprint density at radius 3 is 2.62 bits per heavy atom. The summed E-state index contributed by atoms with van der Waals surface area (Å²) in [6.07, 6.45) is 3.07. The van der Waals surface area contributed by atoms with Gasteiger partial charge in [0.25, 0.3) is 0 Å². The fraction of sp³-hybridized carbons (Fsp3) is 0.500. The van der Waals surface area contributed by atoms with E-state index >= 15 is 0 Å². The molecule has 1 amide bonds. The van der Waals surface area contributed by atoms with E-state index in [4.69, 9.17) is 9.84 Å². The number of ether oxygens (including phenoxy) is 1. The number of amides is 1. The standard InChI is InChI=1S/C16H21NO6S/c18-15(11-24(21,22)14-6-1-2-7-14)17-9-12-4-3-5-13(8-12)23-10-16(19)20/h3-5,8,14H,1-2,6-7,9-11H2,(H,17,18)(H,19,20). The highest BCUT2D eigenvalue weighted by molar-refractivity contribution is 7.92. The van der Waals surface area contributed by atoms with Crippen LogP contribution in [0.2, 0.25) is 0 Å². The molecule has 0 aliphatic heterocycles. The van der Waals surface area contributed by atoms with Crippen LogP contribution in [0, 0.1) is 0 Å². The first-order chi connectivity index (χ1) is 11.4. The third-order valence-corrected chi connectivity index (χ3v) is 6.04. The Balaban J connectivity index is 1.85. The molecule has 0 bridgehead atoms. The topological polar surface area (TPSA) is 110 Å². The first kappa shape index (κ1) is 18.3. The van der Waals surface area contributed by atoms with Crippen LogP contribution < -0.4 is 10.1 Å². The van der Waals surface area contributed by atoms with Crippen molar-refractivity contribution in [3.63, 3.8) is 0 Å². The Kier molecular flexibility index (Phi) is 6.19. The number of sulfone groups is 1. The molecule has 132 valence electrons. The van der Waals surface area contributed by atoms with Gasteiger partial charge < -0.3 is 15.2 Å². The second kappa shape index (κ2) is 8.14. The smallest absolute Gasteiger partial charge is 0.341 e. The van der Waals surface area contributed by atoms with Gasteiger partial charge in [0.15, 0.2) is 16.4 Å². The van der Waals surface area contributed by atoms with Crippen LogP contribution in [0.1, 0.15) is 31.2 Å². The van der Waals surface area contributed by atoms with Crippen molar-refractivity contribution in [1.82, 2.24) is 5.32 Å². The van der Waals surface area contributed by atoms with Crippen molar-refractivity contribution < 1.29 is 27.9 Å². The van der Waals surface area contributed by atoms with E-state index in [1.54, 1.807) is 24.3 Å². The normalized spacial score (nSPS) is 15.2. The SMILES string of the molecule is O=C(O)COc1cccc(CNC(=O)CS(=O)(=O)C2CCCC2)c1. The Hall–Kier alpha value is -2.09. The number of carboxylic acid groups (broad SMARTS) is 1. The molecular weight excluding hydrogens is 334 g/mol. The summed E-state index contributed by atoms with van der Waals surface area (Å²) >= 11 is 0. The average Bonchev–Trinajstić information content (AvgIpc) is 3.06. The van der Waals surface area contributed by atoms with Crippen LogP contribution in [-0.4, -0.2) is 43.0 Å². The highest BCUT2D eigenvalue weighted by Crippen LogP contribution is 2.25. The van der Waals surface area contributed by atoms with Crippen molar-refractivity contribution in [2.75, 3.05) is 12.4 Å². The van der Waals surface area contributed by atoms with Crippen LogP contribution in [0.4, 0.5) is 0 Å². The summed E-state index contributed by atoms with van der Waals surface area (Å²) in [5.41, 5.74) is 0.699. The number of carbonyl (C=O) groups excluding carboxylic acids is 1. The van der Waals surface area contributed by atoms with Crippen molar-refractivity contribution in [2.24, 2.45) is 0 Å². The molecule has 1 aromatic rings. The molecule has 1 aliphatic rings. The lowest BCUT2D eigenvalue weighted by Crippen LogP contribution is -2.33. The maximum absolute atomic E-state index is 12.1. The molecule has 0 saturated heterocycles. The molecule has 0 atom stereocenters. The van der Waals surface area contributed by atoms with Crippen LogP contribution in [0.3, 0.4) is 0 Å². The summed E-state index contributed by atoms with van der Waals surface area (Å²) in [5.74, 6) is -1.72. The fourth-order valence-corrected chi connectivity index (χ4v) is 4.44. The number of hydrogen-bond acceptors (Lipinski definition) is 5. The average molecular weight is 355 g/mol. The van der Waals surface area contributed by atoms with Gasteiger partial charge in [-0.25, -0.2) is 13.2 Å². The molecule has 8 heteroatoms. The van der Waals surface area contributed by atoms with Gasteiger partial charge in [-0.3, -0.25) is 4.79 Å². The molecule has 0 heterocycles. The minimum atomic E-state index is -3.39. The van der Waals surface area contributed by atoms with Gasteiger partial charge in [-0.2, -0.15) is 0 Å². The summed E-state index contributed by atoms with van der Waals surface area (Å²) in [4.78, 5) is 22.4. The van der Waals surface area contributed by atoms with E-state index in [-0.39, 0.29) is 6.54 Å². The largest absolute Gasteiger partial charge is 0.482 e. The van der Waals surface area contributed by atoms with E-state index in [1.807, 2.05) is 0 Å². The van der Waals surface area contributed by atoms with E-state index < -0.39 is 39.3 Å². The first-order valence-electron chi connectivity index (χ1n) is 7.78. The van der Waals surface area contributed by atoms with Crippen molar-refractivity contribution in [2.45, 2.75) is 37.5 Å². The van der Waals surface area contributed by atoms with Gasteiger partial charge in [0.05, 0.1) is 5.25 Å². The van der Waals surface area contributed by atoms with Gasteiger partial charge in [-0.15, -0.1) is 0 Å². The zero-order chi connectivity index (χ0) is 17.6. The molecule has 0 spiro atoms. The molecule has 2 N–H and O–H groups in total. The van der Waals surface area contributed by atoms with E-state index in [1.165, 1.54) is 0 Å². The fourth-order valence-electron chi connectivity index (χ4n) is 2.69. The molecule has 0 aromatic heterocycles. The monoisotopic (exact) mass is 355 g/mol. The minimum Gasteiger partial charge on any atom is -0.482 e. The summed E-state index contributed by atoms with van der Waals surface area (Å²) < 4.78 is 29.3. The predicted molar refractivity (Wildman–Crippen MR) is 87.5 cm³/mol. The van der Waals surface area contributed by atoms with Crippen molar-refractivity contribution in [3.8, 4) is 5.75 Å². The lowest BCUT2D eigenvalue weighted by molar-refractivity contribution is -0.139. The first-order valence-corrected chi connectivity index (χ1v) is 9.50. The zero-order valence-corrected chi connectivity index (χ0v) is 14.0. The minimum absolute atomic E-state index is 0.156. The Morgan fingerprint density at radius 1 is 1.25 bits per heavy atom. The summed E-state index contributed by atoms with van der Waals surface area (Å²) in [6.45, 7) is -0.293. The third kappa shape index (κ3) is 5.52. The second-order valence-electron chi connectivity index (χ2n) is 5.82. The molecule has 24 heavy (non-hydrogen) atoms. The number of nitrogens with one attached hydrogen (secondary N) is 1. The van der Waals surface area contributed by atoms with Gasteiger partial charge in [-0.05, 0) is 30.5 Å².